The zero-order valence-corrected chi connectivity index (χ0v) is 8.63. The van der Waals surface area contributed by atoms with E-state index < -0.39 is 12.1 Å². The SMILES string of the molecule is CC(=O)C(NC(=O)[C@H](C)N)C(C)C. The zero-order chi connectivity index (χ0) is 10.6. The quantitative estimate of drug-likeness (QED) is 0.652. The van der Waals surface area contributed by atoms with Crippen LogP contribution in [0.1, 0.15) is 27.7 Å². The number of hydrogen-bond acceptors (Lipinski definition) is 3. The molecule has 0 saturated carbocycles. The summed E-state index contributed by atoms with van der Waals surface area (Å²) in [5.74, 6) is -0.224. The number of hydrogen-bond donors (Lipinski definition) is 2. The topological polar surface area (TPSA) is 72.2 Å². The van der Waals surface area contributed by atoms with Crippen molar-refractivity contribution in [2.24, 2.45) is 11.7 Å². The molecule has 0 rings (SSSR count). The first-order valence-electron chi connectivity index (χ1n) is 4.42. The zero-order valence-electron chi connectivity index (χ0n) is 8.63. The summed E-state index contributed by atoms with van der Waals surface area (Å²) >= 11 is 0. The third-order valence-corrected chi connectivity index (χ3v) is 1.82. The van der Waals surface area contributed by atoms with E-state index in [2.05, 4.69) is 5.32 Å². The Bertz CT molecular complexity index is 200. The van der Waals surface area contributed by atoms with Crippen molar-refractivity contribution in [2.45, 2.75) is 39.8 Å². The van der Waals surface area contributed by atoms with Crippen molar-refractivity contribution in [1.29, 1.82) is 0 Å². The van der Waals surface area contributed by atoms with Gasteiger partial charge in [-0.15, -0.1) is 0 Å². The van der Waals surface area contributed by atoms with Crippen LogP contribution in [-0.4, -0.2) is 23.8 Å². The van der Waals surface area contributed by atoms with Crippen LogP contribution in [0.15, 0.2) is 0 Å². The second-order valence-corrected chi connectivity index (χ2v) is 3.63. The van der Waals surface area contributed by atoms with E-state index >= 15 is 0 Å². The number of Topliss-reactive ketones (excluding diaryl/α,β-unsaturated/α-hetero) is 1. The van der Waals surface area contributed by atoms with Crippen molar-refractivity contribution in [3.63, 3.8) is 0 Å². The second kappa shape index (κ2) is 4.97. The van der Waals surface area contributed by atoms with Gasteiger partial charge in [0.15, 0.2) is 5.78 Å². The minimum atomic E-state index is -0.569. The molecule has 0 heterocycles. The van der Waals surface area contributed by atoms with Gasteiger partial charge >= 0.3 is 0 Å². The van der Waals surface area contributed by atoms with Gasteiger partial charge < -0.3 is 11.1 Å². The minimum Gasteiger partial charge on any atom is -0.345 e. The van der Waals surface area contributed by atoms with Crippen LogP contribution >= 0.6 is 0 Å². The molecular weight excluding hydrogens is 168 g/mol. The number of ketones is 1. The summed E-state index contributed by atoms with van der Waals surface area (Å²) in [4.78, 5) is 22.3. The third kappa shape index (κ3) is 4.03. The van der Waals surface area contributed by atoms with E-state index in [0.29, 0.717) is 0 Å². The maximum Gasteiger partial charge on any atom is 0.237 e. The molecule has 0 aliphatic rings. The molecule has 0 aliphatic carbocycles. The monoisotopic (exact) mass is 186 g/mol. The van der Waals surface area contributed by atoms with Crippen molar-refractivity contribution in [1.82, 2.24) is 5.32 Å². The summed E-state index contributed by atoms with van der Waals surface area (Å²) in [5.41, 5.74) is 5.36. The second-order valence-electron chi connectivity index (χ2n) is 3.63. The Kier molecular flexibility index (Phi) is 4.62. The van der Waals surface area contributed by atoms with Crippen LogP contribution in [0.3, 0.4) is 0 Å². The normalized spacial score (nSPS) is 15.2. The smallest absolute Gasteiger partial charge is 0.237 e. The highest BCUT2D eigenvalue weighted by Gasteiger charge is 2.21. The molecule has 0 radical (unpaired) electrons. The van der Waals surface area contributed by atoms with Gasteiger partial charge in [-0.1, -0.05) is 13.8 Å². The van der Waals surface area contributed by atoms with E-state index in [1.54, 1.807) is 6.92 Å². The van der Waals surface area contributed by atoms with Gasteiger partial charge in [-0.25, -0.2) is 0 Å². The lowest BCUT2D eigenvalue weighted by Crippen LogP contribution is -2.48. The lowest BCUT2D eigenvalue weighted by Gasteiger charge is -2.20. The number of rotatable bonds is 4. The number of nitrogens with one attached hydrogen (secondary N) is 1. The minimum absolute atomic E-state index is 0.0380. The molecule has 0 aromatic rings. The molecule has 13 heavy (non-hydrogen) atoms. The van der Waals surface area contributed by atoms with E-state index in [4.69, 9.17) is 5.73 Å². The predicted octanol–water partition coefficient (Wildman–Crippen LogP) is 0.0634. The molecule has 0 bridgehead atoms. The summed E-state index contributed by atoms with van der Waals surface area (Å²) < 4.78 is 0. The molecule has 0 aliphatic heterocycles. The molecule has 3 N–H and O–H groups in total. The van der Waals surface area contributed by atoms with Gasteiger partial charge in [-0.2, -0.15) is 0 Å². The Labute approximate surface area is 78.9 Å². The first-order valence-corrected chi connectivity index (χ1v) is 4.42. The van der Waals surface area contributed by atoms with Gasteiger partial charge in [0.25, 0.3) is 0 Å². The average molecular weight is 186 g/mol. The van der Waals surface area contributed by atoms with E-state index in [9.17, 15) is 9.59 Å². The average Bonchev–Trinajstić information content (AvgIpc) is 1.97. The largest absolute Gasteiger partial charge is 0.345 e. The van der Waals surface area contributed by atoms with Crippen LogP contribution < -0.4 is 11.1 Å². The standard InChI is InChI=1S/C9H18N2O2/c1-5(2)8(7(4)12)11-9(13)6(3)10/h5-6,8H,10H2,1-4H3,(H,11,13)/t6-,8?/m0/s1. The molecule has 0 spiro atoms. The predicted molar refractivity (Wildman–Crippen MR) is 51.1 cm³/mol. The number of carbonyl (C=O) groups is 2. The van der Waals surface area contributed by atoms with E-state index in [-0.39, 0.29) is 17.6 Å². The molecular formula is C9H18N2O2. The fraction of sp³-hybridized carbons (Fsp3) is 0.778. The summed E-state index contributed by atoms with van der Waals surface area (Å²) in [6.45, 7) is 6.82. The Morgan fingerprint density at radius 2 is 1.69 bits per heavy atom. The van der Waals surface area contributed by atoms with Crippen molar-refractivity contribution in [2.75, 3.05) is 0 Å². The van der Waals surface area contributed by atoms with Gasteiger partial charge in [-0.05, 0) is 19.8 Å². The van der Waals surface area contributed by atoms with Crippen LogP contribution in [0.5, 0.6) is 0 Å². The van der Waals surface area contributed by atoms with Crippen molar-refractivity contribution >= 4 is 11.7 Å². The Hall–Kier alpha value is -0.900. The molecule has 4 nitrogen and oxygen atoms in total. The molecule has 4 heteroatoms. The maximum absolute atomic E-state index is 11.2. The summed E-state index contributed by atoms with van der Waals surface area (Å²) in [6.07, 6.45) is 0. The van der Waals surface area contributed by atoms with Crippen LogP contribution in [0.4, 0.5) is 0 Å². The van der Waals surface area contributed by atoms with Gasteiger partial charge in [0, 0.05) is 0 Å². The highest BCUT2D eigenvalue weighted by molar-refractivity contribution is 5.89. The molecule has 1 amide bonds. The molecule has 0 aromatic carbocycles. The molecule has 2 atom stereocenters. The van der Waals surface area contributed by atoms with E-state index in [0.717, 1.165) is 0 Å². The Morgan fingerprint density at radius 3 is 1.92 bits per heavy atom. The molecule has 0 aromatic heterocycles. The molecule has 0 fully saturated rings. The number of nitrogens with two attached hydrogens (primary N) is 1. The van der Waals surface area contributed by atoms with Gasteiger partial charge in [0.05, 0.1) is 12.1 Å². The van der Waals surface area contributed by atoms with Gasteiger partial charge in [-0.3, -0.25) is 9.59 Å². The fourth-order valence-electron chi connectivity index (χ4n) is 1.02. The first kappa shape index (κ1) is 12.1. The lowest BCUT2D eigenvalue weighted by atomic mass is 10.0. The number of carbonyl (C=O) groups excluding carboxylic acids is 2. The van der Waals surface area contributed by atoms with Crippen molar-refractivity contribution < 1.29 is 9.59 Å². The highest BCUT2D eigenvalue weighted by Crippen LogP contribution is 2.02. The summed E-state index contributed by atoms with van der Waals surface area (Å²) in [5, 5.41) is 2.60. The Balaban J connectivity index is 4.27. The van der Waals surface area contributed by atoms with E-state index in [1.165, 1.54) is 6.92 Å². The van der Waals surface area contributed by atoms with Crippen LogP contribution in [0.2, 0.25) is 0 Å². The Morgan fingerprint density at radius 1 is 1.23 bits per heavy atom. The maximum atomic E-state index is 11.2. The van der Waals surface area contributed by atoms with Crippen LogP contribution in [0, 0.1) is 5.92 Å². The molecule has 1 unspecified atom stereocenters. The summed E-state index contributed by atoms with van der Waals surface area (Å²) in [6, 6.07) is -0.987. The lowest BCUT2D eigenvalue weighted by molar-refractivity contribution is -0.128. The van der Waals surface area contributed by atoms with Crippen molar-refractivity contribution in [3.8, 4) is 0 Å². The highest BCUT2D eigenvalue weighted by atomic mass is 16.2. The van der Waals surface area contributed by atoms with Gasteiger partial charge in [0.2, 0.25) is 5.91 Å². The van der Waals surface area contributed by atoms with Gasteiger partial charge in [0.1, 0.15) is 0 Å². The van der Waals surface area contributed by atoms with E-state index in [1.807, 2.05) is 13.8 Å². The molecule has 76 valence electrons. The van der Waals surface area contributed by atoms with Crippen LogP contribution in [-0.2, 0) is 9.59 Å². The fourth-order valence-corrected chi connectivity index (χ4v) is 1.02. The van der Waals surface area contributed by atoms with Crippen LogP contribution in [0.25, 0.3) is 0 Å². The summed E-state index contributed by atoms with van der Waals surface area (Å²) in [7, 11) is 0. The third-order valence-electron chi connectivity index (χ3n) is 1.82. The van der Waals surface area contributed by atoms with Crippen molar-refractivity contribution in [3.05, 3.63) is 0 Å². The molecule has 0 saturated heterocycles. The number of amides is 1. The first-order chi connectivity index (χ1) is 5.86.